The van der Waals surface area contributed by atoms with Gasteiger partial charge >= 0.3 is 0 Å². The fourth-order valence-electron chi connectivity index (χ4n) is 3.91. The maximum Gasteiger partial charge on any atom is 0.243 e. The molecule has 148 valence electrons. The van der Waals surface area contributed by atoms with E-state index >= 15 is 0 Å². The summed E-state index contributed by atoms with van der Waals surface area (Å²) in [5.74, 6) is -0.0250. The van der Waals surface area contributed by atoms with Crippen LogP contribution in [0.2, 0.25) is 5.02 Å². The summed E-state index contributed by atoms with van der Waals surface area (Å²) in [6.45, 7) is 2.11. The highest BCUT2D eigenvalue weighted by Gasteiger charge is 2.32. The molecule has 1 saturated heterocycles. The van der Waals surface area contributed by atoms with Crippen molar-refractivity contribution >= 4 is 41.5 Å². The fourth-order valence-corrected chi connectivity index (χ4v) is 4.11. The molecule has 1 fully saturated rings. The second-order valence-corrected chi connectivity index (χ2v) is 7.41. The van der Waals surface area contributed by atoms with E-state index in [1.54, 1.807) is 4.90 Å². The van der Waals surface area contributed by atoms with Gasteiger partial charge < -0.3 is 15.1 Å². The van der Waals surface area contributed by atoms with Crippen LogP contribution in [0.15, 0.2) is 48.5 Å². The first-order valence-corrected chi connectivity index (χ1v) is 9.65. The third-order valence-electron chi connectivity index (χ3n) is 5.28. The van der Waals surface area contributed by atoms with Gasteiger partial charge in [0.2, 0.25) is 11.8 Å². The van der Waals surface area contributed by atoms with Crippen LogP contribution < -0.4 is 10.2 Å². The van der Waals surface area contributed by atoms with E-state index in [1.807, 2.05) is 53.4 Å². The second-order valence-electron chi connectivity index (χ2n) is 6.97. The number of carbonyl (C=O) groups is 2. The zero-order chi connectivity index (χ0) is 18.8. The van der Waals surface area contributed by atoms with Crippen molar-refractivity contribution in [2.75, 3.05) is 31.1 Å². The highest BCUT2D eigenvalue weighted by atomic mass is 35.5. The summed E-state index contributed by atoms with van der Waals surface area (Å²) in [7, 11) is 0. The van der Waals surface area contributed by atoms with E-state index in [1.165, 1.54) is 0 Å². The summed E-state index contributed by atoms with van der Waals surface area (Å²) in [5, 5.41) is 4.01. The van der Waals surface area contributed by atoms with E-state index < -0.39 is 0 Å². The number of anilines is 1. The van der Waals surface area contributed by atoms with Crippen LogP contribution in [-0.2, 0) is 16.0 Å². The van der Waals surface area contributed by atoms with Crippen molar-refractivity contribution in [3.63, 3.8) is 0 Å². The van der Waals surface area contributed by atoms with Gasteiger partial charge in [-0.2, -0.15) is 0 Å². The first kappa shape index (κ1) is 20.6. The van der Waals surface area contributed by atoms with E-state index in [0.29, 0.717) is 24.5 Å². The molecule has 1 N–H and O–H groups in total. The molecular formula is C21H23Cl2N3O2. The number of carbonyl (C=O) groups excluding carboxylic acids is 2. The molecule has 2 aromatic carbocycles. The van der Waals surface area contributed by atoms with Crippen LogP contribution >= 0.6 is 24.0 Å². The molecule has 2 heterocycles. The van der Waals surface area contributed by atoms with Crippen molar-refractivity contribution in [1.29, 1.82) is 0 Å². The lowest BCUT2D eigenvalue weighted by Gasteiger charge is -2.38. The Kier molecular flexibility index (Phi) is 6.60. The van der Waals surface area contributed by atoms with E-state index in [2.05, 4.69) is 5.32 Å². The van der Waals surface area contributed by atoms with Crippen LogP contribution in [0, 0.1) is 0 Å². The minimum Gasteiger partial charge on any atom is -0.332 e. The Morgan fingerprint density at radius 3 is 2.79 bits per heavy atom. The number of rotatable bonds is 3. The van der Waals surface area contributed by atoms with E-state index in [4.69, 9.17) is 11.6 Å². The molecule has 0 aromatic heterocycles. The van der Waals surface area contributed by atoms with Crippen LogP contribution in [0.3, 0.4) is 0 Å². The van der Waals surface area contributed by atoms with Crippen LogP contribution in [0.5, 0.6) is 0 Å². The summed E-state index contributed by atoms with van der Waals surface area (Å²) < 4.78 is 0. The summed E-state index contributed by atoms with van der Waals surface area (Å²) >= 11 is 6.15. The van der Waals surface area contributed by atoms with Gasteiger partial charge in [0.25, 0.3) is 0 Å². The molecule has 0 aliphatic carbocycles. The second kappa shape index (κ2) is 8.95. The number of nitrogens with one attached hydrogen (secondary N) is 1. The number of halogens is 2. The summed E-state index contributed by atoms with van der Waals surface area (Å²) in [5.41, 5.74) is 2.99. The number of benzene rings is 2. The quantitative estimate of drug-likeness (QED) is 0.830. The Morgan fingerprint density at radius 2 is 1.96 bits per heavy atom. The SMILES string of the molecule is Cl.O=C1CCc2ccccc2N1CC(=O)N1CCNCC1c1cccc(Cl)c1. The number of amides is 2. The van der Waals surface area contributed by atoms with Gasteiger partial charge in [0.15, 0.2) is 0 Å². The average Bonchev–Trinajstić information content (AvgIpc) is 2.70. The van der Waals surface area contributed by atoms with Crippen molar-refractivity contribution < 1.29 is 9.59 Å². The molecular weight excluding hydrogens is 397 g/mol. The number of para-hydroxylation sites is 1. The molecule has 4 rings (SSSR count). The average molecular weight is 420 g/mol. The third kappa shape index (κ3) is 4.17. The highest BCUT2D eigenvalue weighted by molar-refractivity contribution is 6.30. The molecule has 2 amide bonds. The molecule has 28 heavy (non-hydrogen) atoms. The predicted molar refractivity (Wildman–Crippen MR) is 113 cm³/mol. The lowest BCUT2D eigenvalue weighted by molar-refractivity contribution is -0.134. The molecule has 2 aliphatic rings. The van der Waals surface area contributed by atoms with Gasteiger partial charge in [-0.3, -0.25) is 9.59 Å². The number of fused-ring (bicyclic) bond motifs is 1. The van der Waals surface area contributed by atoms with Crippen molar-refractivity contribution in [2.24, 2.45) is 0 Å². The van der Waals surface area contributed by atoms with Crippen molar-refractivity contribution in [2.45, 2.75) is 18.9 Å². The molecule has 5 nitrogen and oxygen atoms in total. The normalized spacial score (nSPS) is 19.0. The van der Waals surface area contributed by atoms with Gasteiger partial charge in [0.1, 0.15) is 6.54 Å². The van der Waals surface area contributed by atoms with Gasteiger partial charge in [0.05, 0.1) is 6.04 Å². The molecule has 0 spiro atoms. The molecule has 0 saturated carbocycles. The topological polar surface area (TPSA) is 52.7 Å². The van der Waals surface area contributed by atoms with Crippen LogP contribution in [0.4, 0.5) is 5.69 Å². The Labute approximate surface area is 176 Å². The van der Waals surface area contributed by atoms with Crippen LogP contribution in [0.25, 0.3) is 0 Å². The van der Waals surface area contributed by atoms with Crippen LogP contribution in [0.1, 0.15) is 23.6 Å². The molecule has 1 atom stereocenters. The summed E-state index contributed by atoms with van der Waals surface area (Å²) in [4.78, 5) is 29.2. The van der Waals surface area contributed by atoms with Crippen molar-refractivity contribution in [3.8, 4) is 0 Å². The number of nitrogens with zero attached hydrogens (tertiary/aromatic N) is 2. The number of aryl methyl sites for hydroxylation is 1. The Morgan fingerprint density at radius 1 is 1.14 bits per heavy atom. The third-order valence-corrected chi connectivity index (χ3v) is 5.52. The lowest BCUT2D eigenvalue weighted by atomic mass is 10.0. The van der Waals surface area contributed by atoms with Crippen LogP contribution in [-0.4, -0.2) is 42.9 Å². The Hall–Kier alpha value is -2.08. The fraction of sp³-hybridized carbons (Fsp3) is 0.333. The lowest BCUT2D eigenvalue weighted by Crippen LogP contribution is -2.52. The molecule has 2 aliphatic heterocycles. The molecule has 0 radical (unpaired) electrons. The van der Waals surface area contributed by atoms with Gasteiger partial charge in [0, 0.05) is 36.8 Å². The number of hydrogen-bond donors (Lipinski definition) is 1. The molecule has 7 heteroatoms. The van der Waals surface area contributed by atoms with Gasteiger partial charge in [-0.25, -0.2) is 0 Å². The van der Waals surface area contributed by atoms with Gasteiger partial charge in [-0.15, -0.1) is 12.4 Å². The zero-order valence-corrected chi connectivity index (χ0v) is 17.0. The Balaban J connectivity index is 0.00000225. The van der Waals surface area contributed by atoms with E-state index in [-0.39, 0.29) is 36.8 Å². The maximum atomic E-state index is 13.2. The van der Waals surface area contributed by atoms with Gasteiger partial charge in [-0.1, -0.05) is 41.9 Å². The smallest absolute Gasteiger partial charge is 0.243 e. The number of piperazine rings is 1. The van der Waals surface area contributed by atoms with E-state index in [9.17, 15) is 9.59 Å². The molecule has 2 aromatic rings. The largest absolute Gasteiger partial charge is 0.332 e. The van der Waals surface area contributed by atoms with Crippen molar-refractivity contribution in [3.05, 3.63) is 64.7 Å². The standard InChI is InChI=1S/C21H22ClN3O2.ClH/c22-17-6-3-5-16(12-17)19-13-23-10-11-24(19)21(27)14-25-18-7-2-1-4-15(18)8-9-20(25)26;/h1-7,12,19,23H,8-11,13-14H2;1H. The minimum atomic E-state index is -0.0833. The van der Waals surface area contributed by atoms with Crippen molar-refractivity contribution in [1.82, 2.24) is 10.2 Å². The monoisotopic (exact) mass is 419 g/mol. The molecule has 1 unspecified atom stereocenters. The molecule has 0 bridgehead atoms. The van der Waals surface area contributed by atoms with Gasteiger partial charge in [-0.05, 0) is 35.7 Å². The highest BCUT2D eigenvalue weighted by Crippen LogP contribution is 2.29. The first-order chi connectivity index (χ1) is 13.1. The minimum absolute atomic E-state index is 0. The predicted octanol–water partition coefficient (Wildman–Crippen LogP) is 3.21. The summed E-state index contributed by atoms with van der Waals surface area (Å²) in [6, 6.07) is 15.4. The summed E-state index contributed by atoms with van der Waals surface area (Å²) in [6.07, 6.45) is 1.18. The maximum absolute atomic E-state index is 13.2. The zero-order valence-electron chi connectivity index (χ0n) is 15.4. The first-order valence-electron chi connectivity index (χ1n) is 9.27. The van der Waals surface area contributed by atoms with E-state index in [0.717, 1.165) is 29.8 Å². The Bertz CT molecular complexity index is 874. The number of hydrogen-bond acceptors (Lipinski definition) is 3.